The van der Waals surface area contributed by atoms with Gasteiger partial charge in [0.25, 0.3) is 5.56 Å². The van der Waals surface area contributed by atoms with Gasteiger partial charge in [-0.1, -0.05) is 0 Å². The third kappa shape index (κ3) is 2.47. The van der Waals surface area contributed by atoms with E-state index >= 15 is 0 Å². The molecule has 0 radical (unpaired) electrons. The van der Waals surface area contributed by atoms with Crippen LogP contribution in [-0.4, -0.2) is 18.7 Å². The number of halogens is 1. The molecule has 29 heavy (non-hydrogen) atoms. The average Bonchev–Trinajstić information content (AvgIpc) is 3.42. The molecule has 0 aliphatic heterocycles. The average molecular weight is 394 g/mol. The standard InChI is InChI=1S/C20H16FN5O3/c1-23-17-16(18(27)24(2)20(23)28)26-11-15(12-5-7-13(21)8-6-12)25(19(26)22-17)10-14-4-3-9-29-14/h3-9,11H,10H2,1-2H3/p+1. The molecule has 5 aromatic rings. The first-order valence-electron chi connectivity index (χ1n) is 8.96. The molecule has 0 saturated carbocycles. The summed E-state index contributed by atoms with van der Waals surface area (Å²) >= 11 is 0. The summed E-state index contributed by atoms with van der Waals surface area (Å²) in [6, 6.07) is 9.78. The molecule has 0 amide bonds. The van der Waals surface area contributed by atoms with E-state index in [1.165, 1.54) is 23.7 Å². The molecule has 0 aliphatic rings. The smallest absolute Gasteiger partial charge is 0.369 e. The highest BCUT2D eigenvalue weighted by atomic mass is 19.1. The van der Waals surface area contributed by atoms with Crippen molar-refractivity contribution in [2.24, 2.45) is 14.1 Å². The van der Waals surface area contributed by atoms with Crippen molar-refractivity contribution in [1.82, 2.24) is 18.7 Å². The molecule has 0 saturated heterocycles. The second kappa shape index (κ2) is 6.06. The zero-order chi connectivity index (χ0) is 20.3. The first kappa shape index (κ1) is 17.2. The number of aryl methyl sites for hydroxylation is 1. The van der Waals surface area contributed by atoms with E-state index < -0.39 is 11.2 Å². The minimum Gasteiger partial charge on any atom is -0.466 e. The van der Waals surface area contributed by atoms with Crippen LogP contribution < -0.4 is 15.6 Å². The number of nitrogens with zero attached hydrogens (tertiary/aromatic N) is 4. The lowest BCUT2D eigenvalue weighted by atomic mass is 10.1. The normalized spacial score (nSPS) is 11.7. The highest BCUT2D eigenvalue weighted by Crippen LogP contribution is 2.23. The number of benzene rings is 1. The van der Waals surface area contributed by atoms with Crippen LogP contribution in [0.3, 0.4) is 0 Å². The van der Waals surface area contributed by atoms with Crippen LogP contribution >= 0.6 is 0 Å². The van der Waals surface area contributed by atoms with Gasteiger partial charge < -0.3 is 4.42 Å². The van der Waals surface area contributed by atoms with Gasteiger partial charge in [0.2, 0.25) is 11.2 Å². The molecule has 0 bridgehead atoms. The van der Waals surface area contributed by atoms with Gasteiger partial charge in [0.05, 0.1) is 6.26 Å². The second-order valence-corrected chi connectivity index (χ2v) is 6.91. The molecule has 1 N–H and O–H groups in total. The Balaban J connectivity index is 1.88. The maximum atomic E-state index is 13.4. The molecular weight excluding hydrogens is 377 g/mol. The van der Waals surface area contributed by atoms with E-state index in [0.717, 1.165) is 15.8 Å². The fraction of sp³-hybridized carbons (Fsp3) is 0.150. The minimum absolute atomic E-state index is 0.328. The first-order valence-corrected chi connectivity index (χ1v) is 8.96. The predicted octanol–water partition coefficient (Wildman–Crippen LogP) is 1.55. The molecule has 9 heteroatoms. The fourth-order valence-corrected chi connectivity index (χ4v) is 3.66. The number of imidazole rings is 2. The van der Waals surface area contributed by atoms with E-state index in [-0.39, 0.29) is 5.82 Å². The lowest BCUT2D eigenvalue weighted by Crippen LogP contribution is -2.39. The zero-order valence-electron chi connectivity index (χ0n) is 15.7. The first-order chi connectivity index (χ1) is 14.0. The molecule has 8 nitrogen and oxygen atoms in total. The molecule has 0 spiro atoms. The van der Waals surface area contributed by atoms with Crippen molar-refractivity contribution in [1.29, 1.82) is 0 Å². The number of aromatic nitrogens is 5. The maximum Gasteiger partial charge on any atom is 0.369 e. The molecule has 0 atom stereocenters. The molecule has 5 rings (SSSR count). The van der Waals surface area contributed by atoms with E-state index in [9.17, 15) is 14.0 Å². The Morgan fingerprint density at radius 2 is 1.86 bits per heavy atom. The largest absolute Gasteiger partial charge is 0.466 e. The molecule has 4 aromatic heterocycles. The van der Waals surface area contributed by atoms with Gasteiger partial charge in [-0.05, 0) is 36.4 Å². The number of fused-ring (bicyclic) bond motifs is 3. The lowest BCUT2D eigenvalue weighted by molar-refractivity contribution is -0.480. The van der Waals surface area contributed by atoms with Crippen LogP contribution in [0.1, 0.15) is 5.76 Å². The summed E-state index contributed by atoms with van der Waals surface area (Å²) in [5.41, 5.74) is 1.51. The molecule has 4 heterocycles. The van der Waals surface area contributed by atoms with Crippen LogP contribution in [0.25, 0.3) is 28.2 Å². The number of hydrogen-bond donors (Lipinski definition) is 1. The lowest BCUT2D eigenvalue weighted by Gasteiger charge is -2.03. The summed E-state index contributed by atoms with van der Waals surface area (Å²) < 4.78 is 25.1. The summed E-state index contributed by atoms with van der Waals surface area (Å²) in [5.74, 6) is 0.992. The molecule has 1 aromatic carbocycles. The Kier molecular flexibility index (Phi) is 3.60. The number of H-pyrrole nitrogens is 1. The Bertz CT molecular complexity index is 1480. The van der Waals surface area contributed by atoms with Crippen LogP contribution in [0, 0.1) is 5.82 Å². The monoisotopic (exact) mass is 394 g/mol. The Hall–Kier alpha value is -3.88. The fourth-order valence-electron chi connectivity index (χ4n) is 3.66. The molecule has 0 unspecified atom stereocenters. The summed E-state index contributed by atoms with van der Waals surface area (Å²) in [6.07, 6.45) is 3.39. The van der Waals surface area contributed by atoms with Crippen molar-refractivity contribution in [3.63, 3.8) is 0 Å². The topological polar surface area (TPSA) is 82.0 Å². The predicted molar refractivity (Wildman–Crippen MR) is 103 cm³/mol. The number of nitrogens with one attached hydrogen (secondary N) is 1. The van der Waals surface area contributed by atoms with Gasteiger partial charge in [0, 0.05) is 19.7 Å². The van der Waals surface area contributed by atoms with E-state index in [1.54, 1.807) is 42.1 Å². The van der Waals surface area contributed by atoms with Crippen LogP contribution in [-0.2, 0) is 20.6 Å². The van der Waals surface area contributed by atoms with E-state index in [1.807, 2.05) is 10.6 Å². The van der Waals surface area contributed by atoms with Gasteiger partial charge in [0.15, 0.2) is 0 Å². The highest BCUT2D eigenvalue weighted by molar-refractivity contribution is 5.70. The third-order valence-corrected chi connectivity index (χ3v) is 5.17. The van der Waals surface area contributed by atoms with Crippen molar-refractivity contribution in [2.75, 3.05) is 0 Å². The second-order valence-electron chi connectivity index (χ2n) is 6.91. The van der Waals surface area contributed by atoms with Gasteiger partial charge in [-0.25, -0.2) is 18.7 Å². The van der Waals surface area contributed by atoms with E-state index in [4.69, 9.17) is 4.42 Å². The zero-order valence-corrected chi connectivity index (χ0v) is 15.7. The minimum atomic E-state index is -0.414. The van der Waals surface area contributed by atoms with E-state index in [0.29, 0.717) is 29.2 Å². The summed E-state index contributed by atoms with van der Waals surface area (Å²) in [4.78, 5) is 28.3. The van der Waals surface area contributed by atoms with Crippen LogP contribution in [0.2, 0.25) is 0 Å². The summed E-state index contributed by atoms with van der Waals surface area (Å²) in [7, 11) is 3.06. The van der Waals surface area contributed by atoms with E-state index in [2.05, 4.69) is 4.98 Å². The van der Waals surface area contributed by atoms with Gasteiger partial charge in [-0.3, -0.25) is 13.9 Å². The summed E-state index contributed by atoms with van der Waals surface area (Å²) in [5, 5.41) is 0. The SMILES string of the molecule is Cn1c(=O)c2c([nH]c3n(Cc4ccco4)c(-c4ccc(F)cc4)c[n+]23)n(C)c1=O. The van der Waals surface area contributed by atoms with Gasteiger partial charge >= 0.3 is 11.5 Å². The number of furan rings is 1. The third-order valence-electron chi connectivity index (χ3n) is 5.17. The van der Waals surface area contributed by atoms with Crippen molar-refractivity contribution in [3.8, 4) is 11.3 Å². The van der Waals surface area contributed by atoms with Crippen molar-refractivity contribution < 1.29 is 13.2 Å². The molecular formula is C20H17FN5O3+. The Labute approximate surface area is 162 Å². The number of aromatic amines is 1. The van der Waals surface area contributed by atoms with Gasteiger partial charge in [0.1, 0.15) is 30.0 Å². The van der Waals surface area contributed by atoms with Crippen LogP contribution in [0.4, 0.5) is 4.39 Å². The van der Waals surface area contributed by atoms with Crippen molar-refractivity contribution >= 4 is 16.9 Å². The molecule has 0 fully saturated rings. The molecule has 0 aliphatic carbocycles. The Morgan fingerprint density at radius 1 is 1.10 bits per heavy atom. The van der Waals surface area contributed by atoms with Crippen molar-refractivity contribution in [3.05, 3.63) is 81.3 Å². The summed E-state index contributed by atoms with van der Waals surface area (Å²) in [6.45, 7) is 0.386. The van der Waals surface area contributed by atoms with Gasteiger partial charge in [-0.2, -0.15) is 4.40 Å². The van der Waals surface area contributed by atoms with Crippen LogP contribution in [0.5, 0.6) is 0 Å². The van der Waals surface area contributed by atoms with Gasteiger partial charge in [-0.15, -0.1) is 0 Å². The Morgan fingerprint density at radius 3 is 2.55 bits per heavy atom. The molecule has 146 valence electrons. The highest BCUT2D eigenvalue weighted by Gasteiger charge is 2.27. The van der Waals surface area contributed by atoms with Crippen LogP contribution in [0.15, 0.2) is 62.9 Å². The number of hydrogen-bond acceptors (Lipinski definition) is 3. The van der Waals surface area contributed by atoms with Crippen molar-refractivity contribution in [2.45, 2.75) is 6.54 Å². The quantitative estimate of drug-likeness (QED) is 0.472. The maximum absolute atomic E-state index is 13.4. The number of rotatable bonds is 3.